The molecule has 202 valence electrons. The van der Waals surface area contributed by atoms with Crippen molar-refractivity contribution in [2.75, 3.05) is 13.1 Å². The fraction of sp³-hybridized carbons (Fsp3) is 0.364. The molecule has 0 unspecified atom stereocenters. The summed E-state index contributed by atoms with van der Waals surface area (Å²) in [4.78, 5) is 18.8. The van der Waals surface area contributed by atoms with E-state index in [1.807, 2.05) is 42.5 Å². The number of H-pyrrole nitrogens is 1. The zero-order valence-electron chi connectivity index (χ0n) is 22.0. The summed E-state index contributed by atoms with van der Waals surface area (Å²) in [5.74, 6) is 1.45. The normalized spacial score (nSPS) is 29.5. The first-order chi connectivity index (χ1) is 19.5. The second-order valence-electron chi connectivity index (χ2n) is 12.4. The number of phenols is 1. The van der Waals surface area contributed by atoms with Crippen LogP contribution >= 0.6 is 0 Å². The number of aromatic nitrogens is 1. The van der Waals surface area contributed by atoms with Gasteiger partial charge in [-0.05, 0) is 79.6 Å². The molecule has 2 fully saturated rings. The first-order valence-corrected chi connectivity index (χ1v) is 14.4. The van der Waals surface area contributed by atoms with E-state index in [1.165, 1.54) is 18.4 Å². The van der Waals surface area contributed by atoms with Gasteiger partial charge in [0.1, 0.15) is 5.75 Å². The number of fused-ring (bicyclic) bond motifs is 4. The molecule has 4 atom stereocenters. The number of piperidine rings is 1. The van der Waals surface area contributed by atoms with Crippen LogP contribution in [0.3, 0.4) is 0 Å². The van der Waals surface area contributed by atoms with Crippen LogP contribution in [-0.2, 0) is 18.3 Å². The van der Waals surface area contributed by atoms with Gasteiger partial charge in [-0.1, -0.05) is 24.3 Å². The SMILES string of the molecule is O=C(Oc1ccc2c3c([nH]c2c1)[C@H]1Oc2c(O)ccc4c2[C@@]12CCN(CC1CC1)[C@H](C4)[C@]2(O)C3)c1ccccc1. The average molecular weight is 535 g/mol. The van der Waals surface area contributed by atoms with Crippen LogP contribution in [-0.4, -0.2) is 50.8 Å². The molecule has 3 N–H and O–H groups in total. The van der Waals surface area contributed by atoms with Gasteiger partial charge in [-0.25, -0.2) is 4.79 Å². The number of aliphatic hydroxyl groups is 1. The Bertz CT molecular complexity index is 1730. The highest BCUT2D eigenvalue weighted by Gasteiger charge is 2.72. The molecule has 1 spiro atoms. The molecule has 3 heterocycles. The Kier molecular flexibility index (Phi) is 4.41. The van der Waals surface area contributed by atoms with Gasteiger partial charge in [0.05, 0.1) is 22.3 Å². The van der Waals surface area contributed by atoms with E-state index in [9.17, 15) is 15.0 Å². The number of aromatic hydroxyl groups is 1. The maximum Gasteiger partial charge on any atom is 0.343 e. The van der Waals surface area contributed by atoms with Crippen molar-refractivity contribution >= 4 is 16.9 Å². The van der Waals surface area contributed by atoms with Crippen LogP contribution in [0.4, 0.5) is 0 Å². The van der Waals surface area contributed by atoms with E-state index in [2.05, 4.69) is 9.88 Å². The number of carbonyl (C=O) groups is 1. The molecule has 1 saturated carbocycles. The van der Waals surface area contributed by atoms with Crippen molar-refractivity contribution in [1.82, 2.24) is 9.88 Å². The van der Waals surface area contributed by atoms with Crippen LogP contribution < -0.4 is 9.47 Å². The molecular weight excluding hydrogens is 504 g/mol. The number of aromatic amines is 1. The lowest BCUT2D eigenvalue weighted by atomic mass is 9.49. The minimum absolute atomic E-state index is 0.0138. The molecule has 5 aliphatic rings. The third-order valence-electron chi connectivity index (χ3n) is 10.4. The summed E-state index contributed by atoms with van der Waals surface area (Å²) in [5, 5.41) is 24.8. The Morgan fingerprint density at radius 3 is 2.80 bits per heavy atom. The number of nitrogens with one attached hydrogen (secondary N) is 1. The Morgan fingerprint density at radius 2 is 1.98 bits per heavy atom. The molecule has 7 heteroatoms. The van der Waals surface area contributed by atoms with Gasteiger partial charge in [0.25, 0.3) is 0 Å². The Hall–Kier alpha value is -3.81. The number of phenolic OH excluding ortho intramolecular Hbond substituents is 1. The number of hydrogen-bond acceptors (Lipinski definition) is 6. The van der Waals surface area contributed by atoms with E-state index in [0.29, 0.717) is 23.5 Å². The molecule has 3 aromatic carbocycles. The standard InChI is InChI=1S/C33H30N2O5/c36-25-11-8-20-14-26-33(38)16-23-22-10-9-21(39-31(37)19-4-2-1-3-5-19)15-24(22)34-28(23)30-32(33,27(20)29(25)40-30)12-13-35(26)17-18-6-7-18/h1-5,8-11,15,18,26,30,34,36,38H,6-7,12-14,16-17H2/t26-,30-,32+,33-/m1/s1. The monoisotopic (exact) mass is 534 g/mol. The highest BCUT2D eigenvalue weighted by Crippen LogP contribution is 2.69. The van der Waals surface area contributed by atoms with Crippen molar-refractivity contribution in [3.8, 4) is 17.2 Å². The van der Waals surface area contributed by atoms with Crippen molar-refractivity contribution < 1.29 is 24.5 Å². The summed E-state index contributed by atoms with van der Waals surface area (Å²) in [7, 11) is 0. The average Bonchev–Trinajstić information content (AvgIpc) is 3.60. The summed E-state index contributed by atoms with van der Waals surface area (Å²) in [6.45, 7) is 1.94. The van der Waals surface area contributed by atoms with Crippen molar-refractivity contribution in [2.24, 2.45) is 5.92 Å². The van der Waals surface area contributed by atoms with Crippen LogP contribution in [0.15, 0.2) is 60.7 Å². The zero-order chi connectivity index (χ0) is 26.8. The third kappa shape index (κ3) is 2.84. The Morgan fingerprint density at radius 1 is 1.12 bits per heavy atom. The van der Waals surface area contributed by atoms with Crippen LogP contribution in [0.25, 0.3) is 10.9 Å². The fourth-order valence-corrected chi connectivity index (χ4v) is 8.41. The van der Waals surface area contributed by atoms with E-state index in [0.717, 1.165) is 59.6 Å². The number of nitrogens with zero attached hydrogens (tertiary/aromatic N) is 1. The van der Waals surface area contributed by atoms with E-state index in [-0.39, 0.29) is 11.8 Å². The Labute approximate surface area is 231 Å². The second kappa shape index (κ2) is 7.68. The summed E-state index contributed by atoms with van der Waals surface area (Å²) in [6, 6.07) is 18.4. The first kappa shape index (κ1) is 22.9. The lowest BCUT2D eigenvalue weighted by Crippen LogP contribution is -2.74. The molecule has 1 saturated heterocycles. The quantitative estimate of drug-likeness (QED) is 0.257. The summed E-state index contributed by atoms with van der Waals surface area (Å²) in [6.07, 6.45) is 4.15. The van der Waals surface area contributed by atoms with E-state index in [4.69, 9.17) is 9.47 Å². The van der Waals surface area contributed by atoms with Gasteiger partial charge >= 0.3 is 5.97 Å². The van der Waals surface area contributed by atoms with Gasteiger partial charge in [-0.3, -0.25) is 4.90 Å². The molecule has 4 aromatic rings. The number of ether oxygens (including phenoxy) is 2. The highest BCUT2D eigenvalue weighted by atomic mass is 16.5. The second-order valence-corrected chi connectivity index (χ2v) is 12.4. The van der Waals surface area contributed by atoms with E-state index in [1.54, 1.807) is 18.2 Å². The molecule has 0 amide bonds. The number of carbonyl (C=O) groups excluding carboxylic acids is 1. The molecule has 2 bridgehead atoms. The molecule has 0 radical (unpaired) electrons. The lowest BCUT2D eigenvalue weighted by Gasteiger charge is -2.62. The predicted octanol–water partition coefficient (Wildman–Crippen LogP) is 4.79. The van der Waals surface area contributed by atoms with Crippen molar-refractivity contribution in [3.05, 3.63) is 88.6 Å². The number of hydrogen-bond donors (Lipinski definition) is 3. The van der Waals surface area contributed by atoms with Gasteiger partial charge < -0.3 is 24.7 Å². The number of rotatable bonds is 4. The third-order valence-corrected chi connectivity index (χ3v) is 10.4. The van der Waals surface area contributed by atoms with E-state index >= 15 is 0 Å². The van der Waals surface area contributed by atoms with Gasteiger partial charge in [-0.2, -0.15) is 0 Å². The highest BCUT2D eigenvalue weighted by molar-refractivity contribution is 5.92. The predicted molar refractivity (Wildman–Crippen MR) is 148 cm³/mol. The molecule has 9 rings (SSSR count). The van der Waals surface area contributed by atoms with Crippen molar-refractivity contribution in [3.63, 3.8) is 0 Å². The van der Waals surface area contributed by atoms with Crippen molar-refractivity contribution in [2.45, 2.75) is 55.3 Å². The van der Waals surface area contributed by atoms with Gasteiger partial charge in [-0.15, -0.1) is 0 Å². The number of benzene rings is 3. The summed E-state index contributed by atoms with van der Waals surface area (Å²) < 4.78 is 12.4. The maximum atomic E-state index is 12.9. The lowest BCUT2D eigenvalue weighted by molar-refractivity contribution is -0.173. The van der Waals surface area contributed by atoms with E-state index < -0.39 is 23.1 Å². The Balaban J connectivity index is 1.18. The molecule has 40 heavy (non-hydrogen) atoms. The maximum absolute atomic E-state index is 12.9. The van der Waals surface area contributed by atoms with Crippen LogP contribution in [0.1, 0.15) is 58.1 Å². The molecule has 3 aliphatic carbocycles. The first-order valence-electron chi connectivity index (χ1n) is 14.4. The largest absolute Gasteiger partial charge is 0.504 e. The minimum Gasteiger partial charge on any atom is -0.504 e. The minimum atomic E-state index is -1.03. The molecule has 1 aromatic heterocycles. The van der Waals surface area contributed by atoms with Crippen LogP contribution in [0, 0.1) is 5.92 Å². The van der Waals surface area contributed by atoms with Gasteiger partial charge in [0.15, 0.2) is 17.6 Å². The fourth-order valence-electron chi connectivity index (χ4n) is 8.41. The summed E-state index contributed by atoms with van der Waals surface area (Å²) >= 11 is 0. The molecule has 7 nitrogen and oxygen atoms in total. The number of likely N-dealkylation sites (tertiary alicyclic amines) is 1. The van der Waals surface area contributed by atoms with Crippen LogP contribution in [0.2, 0.25) is 0 Å². The smallest absolute Gasteiger partial charge is 0.343 e. The summed E-state index contributed by atoms with van der Waals surface area (Å²) in [5.41, 5.74) is 3.86. The number of esters is 1. The van der Waals surface area contributed by atoms with Gasteiger partial charge in [0.2, 0.25) is 0 Å². The van der Waals surface area contributed by atoms with Crippen molar-refractivity contribution in [1.29, 1.82) is 0 Å². The molecular formula is C33H30N2O5. The molecule has 2 aliphatic heterocycles. The van der Waals surface area contributed by atoms with Crippen LogP contribution in [0.5, 0.6) is 17.2 Å². The topological polar surface area (TPSA) is 95.0 Å². The van der Waals surface area contributed by atoms with Gasteiger partial charge in [0, 0.05) is 41.5 Å². The zero-order valence-corrected chi connectivity index (χ0v) is 22.0.